The van der Waals surface area contributed by atoms with Gasteiger partial charge in [0.15, 0.2) is 0 Å². The maximum Gasteiger partial charge on any atom is 0.354 e. The molecule has 142 valence electrons. The third-order valence-electron chi connectivity index (χ3n) is 5.16. The zero-order valence-corrected chi connectivity index (χ0v) is 15.2. The lowest BCUT2D eigenvalue weighted by atomic mass is 9.94. The third-order valence-corrected chi connectivity index (χ3v) is 5.16. The van der Waals surface area contributed by atoms with Crippen LogP contribution < -0.4 is 10.2 Å². The van der Waals surface area contributed by atoms with Crippen LogP contribution in [0.15, 0.2) is 36.4 Å². The zero-order valence-electron chi connectivity index (χ0n) is 15.2. The average molecular weight is 369 g/mol. The molecule has 1 aromatic carbocycles. The number of methoxy groups -OCH3 is 1. The second-order valence-corrected chi connectivity index (χ2v) is 7.04. The van der Waals surface area contributed by atoms with Crippen LogP contribution in [0.2, 0.25) is 0 Å². The van der Waals surface area contributed by atoms with Gasteiger partial charge in [0.2, 0.25) is 5.91 Å². The van der Waals surface area contributed by atoms with Gasteiger partial charge in [-0.05, 0) is 30.2 Å². The molecule has 0 radical (unpaired) electrons. The summed E-state index contributed by atoms with van der Waals surface area (Å²) >= 11 is 0. The van der Waals surface area contributed by atoms with Crippen LogP contribution in [0, 0.1) is 0 Å². The minimum absolute atomic E-state index is 0.0423. The Balaban J connectivity index is 1.49. The highest BCUT2D eigenvalue weighted by Crippen LogP contribution is 2.39. The van der Waals surface area contributed by atoms with Crippen molar-refractivity contribution in [2.75, 3.05) is 31.8 Å². The number of benzene rings is 1. The summed E-state index contributed by atoms with van der Waals surface area (Å²) in [4.78, 5) is 28.7. The summed E-state index contributed by atoms with van der Waals surface area (Å²) in [6.07, 6.45) is 0.845. The standard InChI is InChI=1S/C20H23N3O4/c1-26-20(25)17-7-6-14(21-17)10-23-9-13(16-4-2-3-5-18(16)23)8-15-11-27-12-19(24)22-15/h2-7,13,15,21H,8-12H2,1H3,(H,22,24)/t13-,15+/m0/s1. The van der Waals surface area contributed by atoms with Crippen LogP contribution in [0.1, 0.15) is 34.1 Å². The highest BCUT2D eigenvalue weighted by atomic mass is 16.5. The first kappa shape index (κ1) is 17.6. The molecule has 2 N–H and O–H groups in total. The van der Waals surface area contributed by atoms with Crippen molar-refractivity contribution in [3.8, 4) is 0 Å². The summed E-state index contributed by atoms with van der Waals surface area (Å²) in [5.41, 5.74) is 3.90. The molecule has 4 rings (SSSR count). The van der Waals surface area contributed by atoms with Gasteiger partial charge in [-0.25, -0.2) is 4.79 Å². The Hall–Kier alpha value is -2.80. The smallest absolute Gasteiger partial charge is 0.354 e. The number of esters is 1. The van der Waals surface area contributed by atoms with Crippen molar-refractivity contribution in [3.05, 3.63) is 53.3 Å². The Morgan fingerprint density at radius 3 is 2.96 bits per heavy atom. The van der Waals surface area contributed by atoms with Gasteiger partial charge < -0.3 is 24.7 Å². The number of nitrogens with zero attached hydrogens (tertiary/aromatic N) is 1. The van der Waals surface area contributed by atoms with Crippen molar-refractivity contribution in [1.29, 1.82) is 0 Å². The van der Waals surface area contributed by atoms with E-state index in [1.807, 2.05) is 12.1 Å². The van der Waals surface area contributed by atoms with Gasteiger partial charge in [-0.2, -0.15) is 0 Å². The van der Waals surface area contributed by atoms with E-state index in [0.717, 1.165) is 18.7 Å². The van der Waals surface area contributed by atoms with Crippen molar-refractivity contribution in [3.63, 3.8) is 0 Å². The van der Waals surface area contributed by atoms with E-state index in [1.54, 1.807) is 6.07 Å². The maximum absolute atomic E-state index is 11.6. The summed E-state index contributed by atoms with van der Waals surface area (Å²) < 4.78 is 10.1. The van der Waals surface area contributed by atoms with Crippen molar-refractivity contribution in [2.45, 2.75) is 24.9 Å². The first-order chi connectivity index (χ1) is 13.1. The van der Waals surface area contributed by atoms with Crippen LogP contribution in [-0.2, 0) is 20.8 Å². The number of aromatic nitrogens is 1. The van der Waals surface area contributed by atoms with E-state index in [2.05, 4.69) is 33.4 Å². The van der Waals surface area contributed by atoms with Crippen LogP contribution >= 0.6 is 0 Å². The Labute approximate surface area is 157 Å². The molecular formula is C20H23N3O4. The number of para-hydroxylation sites is 1. The molecule has 7 heteroatoms. The Morgan fingerprint density at radius 2 is 2.15 bits per heavy atom. The number of hydrogen-bond acceptors (Lipinski definition) is 5. The van der Waals surface area contributed by atoms with E-state index in [0.29, 0.717) is 24.8 Å². The third kappa shape index (κ3) is 3.68. The molecule has 2 aliphatic heterocycles. The topological polar surface area (TPSA) is 83.7 Å². The molecule has 1 aromatic heterocycles. The molecule has 2 atom stereocenters. The fraction of sp³-hybridized carbons (Fsp3) is 0.400. The Bertz CT molecular complexity index is 847. The first-order valence-corrected chi connectivity index (χ1v) is 9.11. The molecule has 0 unspecified atom stereocenters. The van der Waals surface area contributed by atoms with Gasteiger partial charge in [0.25, 0.3) is 0 Å². The van der Waals surface area contributed by atoms with E-state index in [1.165, 1.54) is 18.4 Å². The number of H-pyrrole nitrogens is 1. The molecule has 1 amide bonds. The van der Waals surface area contributed by atoms with E-state index in [9.17, 15) is 9.59 Å². The number of aromatic amines is 1. The lowest BCUT2D eigenvalue weighted by Gasteiger charge is -2.26. The molecule has 7 nitrogen and oxygen atoms in total. The van der Waals surface area contributed by atoms with Crippen LogP contribution in [0.25, 0.3) is 0 Å². The van der Waals surface area contributed by atoms with Crippen LogP contribution in [0.3, 0.4) is 0 Å². The van der Waals surface area contributed by atoms with Gasteiger partial charge in [-0.15, -0.1) is 0 Å². The minimum atomic E-state index is -0.367. The SMILES string of the molecule is COC(=O)c1ccc(CN2C[C@H](C[C@@H]3COCC(=O)N3)c3ccccc32)[nH]1. The number of ether oxygens (including phenoxy) is 2. The summed E-state index contributed by atoms with van der Waals surface area (Å²) in [5, 5.41) is 3.02. The number of fused-ring (bicyclic) bond motifs is 1. The second kappa shape index (κ2) is 7.44. The number of rotatable bonds is 5. The van der Waals surface area contributed by atoms with Gasteiger partial charge >= 0.3 is 5.97 Å². The Morgan fingerprint density at radius 1 is 1.30 bits per heavy atom. The van der Waals surface area contributed by atoms with Gasteiger partial charge in [0.1, 0.15) is 12.3 Å². The normalized spacial score (nSPS) is 21.7. The molecule has 2 aromatic rings. The van der Waals surface area contributed by atoms with Crippen molar-refractivity contribution < 1.29 is 19.1 Å². The number of carbonyl (C=O) groups is 2. The van der Waals surface area contributed by atoms with Gasteiger partial charge in [0, 0.05) is 23.8 Å². The summed E-state index contributed by atoms with van der Waals surface area (Å²) in [5.74, 6) is -0.0895. The van der Waals surface area contributed by atoms with Crippen molar-refractivity contribution in [1.82, 2.24) is 10.3 Å². The van der Waals surface area contributed by atoms with Crippen molar-refractivity contribution in [2.24, 2.45) is 0 Å². The summed E-state index contributed by atoms with van der Waals surface area (Å²) in [6, 6.07) is 12.1. The molecule has 27 heavy (non-hydrogen) atoms. The fourth-order valence-electron chi connectivity index (χ4n) is 3.98. The summed E-state index contributed by atoms with van der Waals surface area (Å²) in [7, 11) is 1.37. The minimum Gasteiger partial charge on any atom is -0.464 e. The number of hydrogen-bond donors (Lipinski definition) is 2. The zero-order chi connectivity index (χ0) is 18.8. The molecule has 0 spiro atoms. The number of morpholine rings is 1. The predicted octanol–water partition coefficient (Wildman–Crippen LogP) is 1.81. The number of anilines is 1. The van der Waals surface area contributed by atoms with Gasteiger partial charge in [0.05, 0.1) is 26.3 Å². The fourth-order valence-corrected chi connectivity index (χ4v) is 3.98. The molecule has 0 aliphatic carbocycles. The van der Waals surface area contributed by atoms with Gasteiger partial charge in [-0.3, -0.25) is 4.79 Å². The molecule has 2 aliphatic rings. The highest BCUT2D eigenvalue weighted by molar-refractivity contribution is 5.87. The number of nitrogens with one attached hydrogen (secondary N) is 2. The van der Waals surface area contributed by atoms with Crippen molar-refractivity contribution >= 4 is 17.6 Å². The molecular weight excluding hydrogens is 346 g/mol. The molecule has 0 saturated carbocycles. The van der Waals surface area contributed by atoms with Crippen LogP contribution in [-0.4, -0.2) is 49.8 Å². The number of amides is 1. The van der Waals surface area contributed by atoms with E-state index in [-0.39, 0.29) is 24.5 Å². The quantitative estimate of drug-likeness (QED) is 0.786. The predicted molar refractivity (Wildman–Crippen MR) is 99.7 cm³/mol. The number of carbonyl (C=O) groups excluding carboxylic acids is 2. The lowest BCUT2D eigenvalue weighted by molar-refractivity contribution is -0.131. The summed E-state index contributed by atoms with van der Waals surface area (Å²) in [6.45, 7) is 2.25. The Kier molecular flexibility index (Phi) is 4.85. The lowest BCUT2D eigenvalue weighted by Crippen LogP contribution is -2.46. The van der Waals surface area contributed by atoms with E-state index < -0.39 is 0 Å². The molecule has 1 saturated heterocycles. The van der Waals surface area contributed by atoms with Gasteiger partial charge in [-0.1, -0.05) is 18.2 Å². The largest absolute Gasteiger partial charge is 0.464 e. The highest BCUT2D eigenvalue weighted by Gasteiger charge is 2.32. The van der Waals surface area contributed by atoms with Crippen LogP contribution in [0.4, 0.5) is 5.69 Å². The molecule has 3 heterocycles. The van der Waals surface area contributed by atoms with Crippen LogP contribution in [0.5, 0.6) is 0 Å². The average Bonchev–Trinajstić information content (AvgIpc) is 3.27. The molecule has 1 fully saturated rings. The second-order valence-electron chi connectivity index (χ2n) is 7.04. The maximum atomic E-state index is 11.6. The first-order valence-electron chi connectivity index (χ1n) is 9.11. The van der Waals surface area contributed by atoms with E-state index >= 15 is 0 Å². The van der Waals surface area contributed by atoms with E-state index in [4.69, 9.17) is 9.47 Å². The monoisotopic (exact) mass is 369 g/mol. The molecule has 0 bridgehead atoms.